The standard InChI is InChI=1S/C21H18ClN5O2S/c1-2-29-18-10-6-4-8-16(18)26-19(28)12-30-21-14-11-25-27(20(14)23-13-24-21)17-9-5-3-7-15(17)22/h3-11,13H,2,12H2,1H3,(H,26,28). The number of hydrogen-bond acceptors (Lipinski definition) is 6. The number of para-hydroxylation sites is 3. The molecule has 0 radical (unpaired) electrons. The number of nitrogens with one attached hydrogen (secondary N) is 1. The summed E-state index contributed by atoms with van der Waals surface area (Å²) in [4.78, 5) is 21.2. The molecule has 4 aromatic rings. The maximum absolute atomic E-state index is 12.5. The van der Waals surface area contributed by atoms with Crippen LogP contribution in [0.3, 0.4) is 0 Å². The molecule has 0 bridgehead atoms. The first-order valence-electron chi connectivity index (χ1n) is 9.25. The van der Waals surface area contributed by atoms with E-state index in [1.807, 2.05) is 49.4 Å². The van der Waals surface area contributed by atoms with Gasteiger partial charge in [-0.3, -0.25) is 4.79 Å². The maximum atomic E-state index is 12.5. The molecule has 9 heteroatoms. The Labute approximate surface area is 182 Å². The van der Waals surface area contributed by atoms with Crippen LogP contribution in [0.2, 0.25) is 5.02 Å². The molecule has 152 valence electrons. The molecule has 0 aliphatic rings. The number of rotatable bonds is 7. The topological polar surface area (TPSA) is 81.9 Å². The molecule has 2 heterocycles. The van der Waals surface area contributed by atoms with E-state index < -0.39 is 0 Å². The zero-order chi connectivity index (χ0) is 20.9. The Balaban J connectivity index is 1.51. The van der Waals surface area contributed by atoms with Crippen LogP contribution in [0.15, 0.2) is 66.1 Å². The third-order valence-corrected chi connectivity index (χ3v) is 5.54. The van der Waals surface area contributed by atoms with Gasteiger partial charge in [-0.25, -0.2) is 14.6 Å². The summed E-state index contributed by atoms with van der Waals surface area (Å²) in [5.41, 5.74) is 2.00. The van der Waals surface area contributed by atoms with Crippen LogP contribution in [0.4, 0.5) is 5.69 Å². The summed E-state index contributed by atoms with van der Waals surface area (Å²) in [5.74, 6) is 0.672. The second kappa shape index (κ2) is 9.15. The van der Waals surface area contributed by atoms with E-state index >= 15 is 0 Å². The molecule has 1 N–H and O–H groups in total. The lowest BCUT2D eigenvalue weighted by Gasteiger charge is -2.11. The SMILES string of the molecule is CCOc1ccccc1NC(=O)CSc1ncnc2c1cnn2-c1ccccc1Cl. The second-order valence-corrected chi connectivity index (χ2v) is 7.56. The predicted octanol–water partition coefficient (Wildman–Crippen LogP) is 4.60. The van der Waals surface area contributed by atoms with Crippen LogP contribution in [0.1, 0.15) is 6.92 Å². The van der Waals surface area contributed by atoms with Gasteiger partial charge in [-0.2, -0.15) is 5.10 Å². The Morgan fingerprint density at radius 3 is 2.80 bits per heavy atom. The van der Waals surface area contributed by atoms with Crippen LogP contribution >= 0.6 is 23.4 Å². The number of hydrogen-bond donors (Lipinski definition) is 1. The van der Waals surface area contributed by atoms with Crippen molar-refractivity contribution in [2.24, 2.45) is 0 Å². The fourth-order valence-electron chi connectivity index (χ4n) is 2.91. The van der Waals surface area contributed by atoms with Crippen molar-refractivity contribution in [1.29, 1.82) is 0 Å². The number of nitrogens with zero attached hydrogens (tertiary/aromatic N) is 4. The van der Waals surface area contributed by atoms with Crippen LogP contribution in [-0.4, -0.2) is 38.0 Å². The van der Waals surface area contributed by atoms with E-state index in [-0.39, 0.29) is 11.7 Å². The van der Waals surface area contributed by atoms with Crippen LogP contribution in [0.5, 0.6) is 5.75 Å². The highest BCUT2D eigenvalue weighted by Crippen LogP contribution is 2.29. The fourth-order valence-corrected chi connectivity index (χ4v) is 3.89. The number of anilines is 1. The van der Waals surface area contributed by atoms with Crippen LogP contribution < -0.4 is 10.1 Å². The van der Waals surface area contributed by atoms with E-state index in [1.54, 1.807) is 16.9 Å². The highest BCUT2D eigenvalue weighted by atomic mass is 35.5. The molecule has 2 aromatic carbocycles. The van der Waals surface area contributed by atoms with Gasteiger partial charge in [-0.15, -0.1) is 0 Å². The van der Waals surface area contributed by atoms with Gasteiger partial charge < -0.3 is 10.1 Å². The smallest absolute Gasteiger partial charge is 0.234 e. The van der Waals surface area contributed by atoms with Crippen molar-refractivity contribution in [3.8, 4) is 11.4 Å². The molecular weight excluding hydrogens is 422 g/mol. The van der Waals surface area contributed by atoms with E-state index in [9.17, 15) is 4.79 Å². The van der Waals surface area contributed by atoms with E-state index in [1.165, 1.54) is 18.1 Å². The van der Waals surface area contributed by atoms with Gasteiger partial charge in [-0.1, -0.05) is 47.6 Å². The number of amides is 1. The van der Waals surface area contributed by atoms with E-state index in [0.29, 0.717) is 33.7 Å². The average molecular weight is 440 g/mol. The van der Waals surface area contributed by atoms with Crippen molar-refractivity contribution in [3.63, 3.8) is 0 Å². The highest BCUT2D eigenvalue weighted by molar-refractivity contribution is 8.00. The lowest BCUT2D eigenvalue weighted by Crippen LogP contribution is -2.15. The molecule has 2 aromatic heterocycles. The molecule has 0 aliphatic carbocycles. The monoisotopic (exact) mass is 439 g/mol. The van der Waals surface area contributed by atoms with Gasteiger partial charge in [0.2, 0.25) is 5.91 Å². The number of benzene rings is 2. The fraction of sp³-hybridized carbons (Fsp3) is 0.143. The Morgan fingerprint density at radius 2 is 1.97 bits per heavy atom. The molecule has 0 aliphatic heterocycles. The minimum absolute atomic E-state index is 0.155. The molecule has 1 amide bonds. The first kappa shape index (κ1) is 20.2. The van der Waals surface area contributed by atoms with Crippen molar-refractivity contribution in [2.75, 3.05) is 17.7 Å². The molecule has 0 spiro atoms. The first-order valence-corrected chi connectivity index (χ1v) is 10.6. The van der Waals surface area contributed by atoms with Gasteiger partial charge in [0.25, 0.3) is 0 Å². The van der Waals surface area contributed by atoms with E-state index in [4.69, 9.17) is 16.3 Å². The Kier molecular flexibility index (Phi) is 6.15. The summed E-state index contributed by atoms with van der Waals surface area (Å²) < 4.78 is 7.22. The highest BCUT2D eigenvalue weighted by Gasteiger charge is 2.15. The average Bonchev–Trinajstić information content (AvgIpc) is 3.19. The summed E-state index contributed by atoms with van der Waals surface area (Å²) in [7, 11) is 0. The Hall–Kier alpha value is -3.10. The van der Waals surface area contributed by atoms with E-state index in [0.717, 1.165) is 11.1 Å². The summed E-state index contributed by atoms with van der Waals surface area (Å²) in [5, 5.41) is 9.30. The lowest BCUT2D eigenvalue weighted by molar-refractivity contribution is -0.113. The minimum Gasteiger partial charge on any atom is -0.492 e. The van der Waals surface area contributed by atoms with Crippen LogP contribution in [-0.2, 0) is 4.79 Å². The molecule has 0 saturated heterocycles. The van der Waals surface area contributed by atoms with Gasteiger partial charge >= 0.3 is 0 Å². The molecule has 0 unspecified atom stereocenters. The van der Waals surface area contributed by atoms with Crippen molar-refractivity contribution in [3.05, 3.63) is 66.1 Å². The number of carbonyl (C=O) groups is 1. The third kappa shape index (κ3) is 4.24. The Bertz CT molecular complexity index is 1200. The molecule has 4 rings (SSSR count). The normalized spacial score (nSPS) is 10.9. The van der Waals surface area contributed by atoms with Crippen molar-refractivity contribution >= 4 is 46.0 Å². The van der Waals surface area contributed by atoms with Gasteiger partial charge in [0.1, 0.15) is 17.1 Å². The third-order valence-electron chi connectivity index (χ3n) is 4.21. The number of aromatic nitrogens is 4. The summed E-state index contributed by atoms with van der Waals surface area (Å²) in [6.07, 6.45) is 3.14. The van der Waals surface area contributed by atoms with Crippen LogP contribution in [0.25, 0.3) is 16.7 Å². The van der Waals surface area contributed by atoms with E-state index in [2.05, 4.69) is 20.4 Å². The largest absolute Gasteiger partial charge is 0.492 e. The first-order chi connectivity index (χ1) is 14.7. The summed E-state index contributed by atoms with van der Waals surface area (Å²) in [6.45, 7) is 2.42. The molecule has 0 fully saturated rings. The number of carbonyl (C=O) groups excluding carboxylic acids is 1. The Morgan fingerprint density at radius 1 is 1.17 bits per heavy atom. The van der Waals surface area contributed by atoms with Crippen molar-refractivity contribution in [2.45, 2.75) is 11.9 Å². The molecule has 0 atom stereocenters. The number of fused-ring (bicyclic) bond motifs is 1. The quantitative estimate of drug-likeness (QED) is 0.335. The zero-order valence-electron chi connectivity index (χ0n) is 16.1. The van der Waals surface area contributed by atoms with Gasteiger partial charge in [0.15, 0.2) is 5.65 Å². The summed E-state index contributed by atoms with van der Waals surface area (Å²) in [6, 6.07) is 14.8. The van der Waals surface area contributed by atoms with Gasteiger partial charge in [0, 0.05) is 0 Å². The zero-order valence-corrected chi connectivity index (χ0v) is 17.7. The maximum Gasteiger partial charge on any atom is 0.234 e. The lowest BCUT2D eigenvalue weighted by atomic mass is 10.3. The molecular formula is C21H18ClN5O2S. The number of ether oxygens (including phenoxy) is 1. The van der Waals surface area contributed by atoms with Crippen molar-refractivity contribution in [1.82, 2.24) is 19.7 Å². The number of halogens is 1. The van der Waals surface area contributed by atoms with Gasteiger partial charge in [-0.05, 0) is 31.2 Å². The molecule has 0 saturated carbocycles. The minimum atomic E-state index is -0.155. The van der Waals surface area contributed by atoms with Gasteiger partial charge in [0.05, 0.1) is 40.3 Å². The summed E-state index contributed by atoms with van der Waals surface area (Å²) >= 11 is 7.62. The second-order valence-electron chi connectivity index (χ2n) is 6.19. The molecule has 7 nitrogen and oxygen atoms in total. The van der Waals surface area contributed by atoms with Crippen LogP contribution in [0, 0.1) is 0 Å². The molecule has 30 heavy (non-hydrogen) atoms. The predicted molar refractivity (Wildman–Crippen MR) is 119 cm³/mol. The number of thioether (sulfide) groups is 1. The van der Waals surface area contributed by atoms with Crippen molar-refractivity contribution < 1.29 is 9.53 Å².